The number of nitrogens with zero attached hydrogens (tertiary/aromatic N) is 2. The van der Waals surface area contributed by atoms with Gasteiger partial charge in [0.1, 0.15) is 0 Å². The van der Waals surface area contributed by atoms with Crippen LogP contribution in [0, 0.1) is 10.1 Å². The van der Waals surface area contributed by atoms with Crippen LogP contribution in [-0.2, 0) is 0 Å². The van der Waals surface area contributed by atoms with Gasteiger partial charge in [-0.3, -0.25) is 10.1 Å². The third kappa shape index (κ3) is 2.54. The molecular formula is C14H18BrN3O2. The molecule has 2 saturated heterocycles. The molecule has 0 radical (unpaired) electrons. The molecule has 2 heterocycles. The summed E-state index contributed by atoms with van der Waals surface area (Å²) in [6, 6.07) is 7.00. The van der Waals surface area contributed by atoms with Gasteiger partial charge in [-0.15, -0.1) is 0 Å². The fourth-order valence-corrected chi connectivity index (χ4v) is 3.90. The molecule has 2 aliphatic rings. The second-order valence-corrected chi connectivity index (χ2v) is 6.64. The Morgan fingerprint density at radius 1 is 1.35 bits per heavy atom. The smallest absolute Gasteiger partial charge is 0.285 e. The number of halogens is 1. The first-order valence-corrected chi connectivity index (χ1v) is 7.76. The first-order valence-electron chi connectivity index (χ1n) is 6.97. The van der Waals surface area contributed by atoms with E-state index < -0.39 is 0 Å². The number of nitrogens with one attached hydrogen (secondary N) is 1. The Labute approximate surface area is 126 Å². The van der Waals surface area contributed by atoms with E-state index in [0.29, 0.717) is 22.6 Å². The molecule has 108 valence electrons. The molecule has 6 heteroatoms. The largest absolute Gasteiger partial charge is 0.382 e. The van der Waals surface area contributed by atoms with Gasteiger partial charge in [-0.2, -0.15) is 0 Å². The highest BCUT2D eigenvalue weighted by molar-refractivity contribution is 9.10. The van der Waals surface area contributed by atoms with Gasteiger partial charge in [0.25, 0.3) is 5.69 Å². The fourth-order valence-electron chi connectivity index (χ4n) is 3.51. The van der Waals surface area contributed by atoms with Crippen molar-refractivity contribution in [2.24, 2.45) is 0 Å². The maximum Gasteiger partial charge on any atom is 0.285 e. The molecule has 1 aromatic rings. The van der Waals surface area contributed by atoms with E-state index in [4.69, 9.17) is 0 Å². The zero-order chi connectivity index (χ0) is 14.3. The van der Waals surface area contributed by atoms with E-state index in [1.807, 2.05) is 6.07 Å². The van der Waals surface area contributed by atoms with Gasteiger partial charge in [0.2, 0.25) is 0 Å². The summed E-state index contributed by atoms with van der Waals surface area (Å²) in [5, 5.41) is 14.4. The van der Waals surface area contributed by atoms with Crippen LogP contribution >= 0.6 is 15.9 Å². The van der Waals surface area contributed by atoms with Crippen molar-refractivity contribution >= 4 is 27.3 Å². The van der Waals surface area contributed by atoms with Gasteiger partial charge in [0, 0.05) is 29.9 Å². The topological polar surface area (TPSA) is 58.4 Å². The van der Waals surface area contributed by atoms with Gasteiger partial charge in [-0.05, 0) is 60.8 Å². The molecular weight excluding hydrogens is 322 g/mol. The van der Waals surface area contributed by atoms with Crippen LogP contribution in [0.1, 0.15) is 25.7 Å². The molecule has 2 unspecified atom stereocenters. The Kier molecular flexibility index (Phi) is 3.69. The Hall–Kier alpha value is -1.14. The quantitative estimate of drug-likeness (QED) is 0.677. The van der Waals surface area contributed by atoms with Crippen molar-refractivity contribution in [3.05, 3.63) is 32.8 Å². The second kappa shape index (κ2) is 5.33. The van der Waals surface area contributed by atoms with Crippen molar-refractivity contribution < 1.29 is 4.92 Å². The van der Waals surface area contributed by atoms with Crippen LogP contribution in [0.25, 0.3) is 0 Å². The molecule has 0 spiro atoms. The zero-order valence-electron chi connectivity index (χ0n) is 11.4. The monoisotopic (exact) mass is 339 g/mol. The predicted molar refractivity (Wildman–Crippen MR) is 82.0 cm³/mol. The number of piperidine rings is 1. The molecule has 0 aromatic heterocycles. The summed E-state index contributed by atoms with van der Waals surface area (Å²) in [6.07, 6.45) is 4.80. The minimum Gasteiger partial charge on any atom is -0.382 e. The van der Waals surface area contributed by atoms with Gasteiger partial charge in [-0.1, -0.05) is 0 Å². The summed E-state index contributed by atoms with van der Waals surface area (Å²) in [7, 11) is 2.21. The van der Waals surface area contributed by atoms with Crippen molar-refractivity contribution in [1.29, 1.82) is 0 Å². The van der Waals surface area contributed by atoms with E-state index in [2.05, 4.69) is 33.2 Å². The average Bonchev–Trinajstić information content (AvgIpc) is 2.63. The number of hydrogen-bond donors (Lipinski definition) is 1. The van der Waals surface area contributed by atoms with Crippen LogP contribution in [0.2, 0.25) is 0 Å². The minimum absolute atomic E-state index is 0.117. The van der Waals surface area contributed by atoms with Gasteiger partial charge in [0.15, 0.2) is 0 Å². The van der Waals surface area contributed by atoms with E-state index in [9.17, 15) is 10.1 Å². The highest BCUT2D eigenvalue weighted by atomic mass is 79.9. The van der Waals surface area contributed by atoms with Crippen LogP contribution in [0.15, 0.2) is 22.7 Å². The third-order valence-corrected chi connectivity index (χ3v) is 5.28. The SMILES string of the molecule is CN1C2CCC1CC(Nc1ccc(Br)c([N+](=O)[O-])c1)C2. The standard InChI is InChI=1S/C14H18BrN3O2/c1-17-11-3-4-12(17)7-10(6-11)16-9-2-5-13(15)14(8-9)18(19)20/h2,5,8,10-12,16H,3-4,6-7H2,1H3. The lowest BCUT2D eigenvalue weighted by Gasteiger charge is -2.37. The molecule has 2 bridgehead atoms. The van der Waals surface area contributed by atoms with Crippen LogP contribution in [0.3, 0.4) is 0 Å². The van der Waals surface area contributed by atoms with E-state index >= 15 is 0 Å². The lowest BCUT2D eigenvalue weighted by Crippen LogP contribution is -2.44. The Morgan fingerprint density at radius 2 is 2.00 bits per heavy atom. The molecule has 1 N–H and O–H groups in total. The molecule has 5 nitrogen and oxygen atoms in total. The summed E-state index contributed by atoms with van der Waals surface area (Å²) >= 11 is 3.22. The van der Waals surface area contributed by atoms with E-state index in [1.54, 1.807) is 12.1 Å². The van der Waals surface area contributed by atoms with Crippen molar-refractivity contribution in [3.63, 3.8) is 0 Å². The Morgan fingerprint density at radius 3 is 2.60 bits per heavy atom. The van der Waals surface area contributed by atoms with Crippen molar-refractivity contribution in [3.8, 4) is 0 Å². The van der Waals surface area contributed by atoms with Gasteiger partial charge >= 0.3 is 0 Å². The lowest BCUT2D eigenvalue weighted by atomic mass is 9.98. The van der Waals surface area contributed by atoms with Crippen LogP contribution in [-0.4, -0.2) is 35.0 Å². The average molecular weight is 340 g/mol. The van der Waals surface area contributed by atoms with Crippen LogP contribution in [0.4, 0.5) is 11.4 Å². The molecule has 2 aliphatic heterocycles. The molecule has 2 atom stereocenters. The number of anilines is 1. The predicted octanol–water partition coefficient (Wildman–Crippen LogP) is 3.39. The van der Waals surface area contributed by atoms with Crippen molar-refractivity contribution in [2.45, 2.75) is 43.8 Å². The maximum absolute atomic E-state index is 11.0. The van der Waals surface area contributed by atoms with E-state index in [1.165, 1.54) is 12.8 Å². The number of nitro groups is 1. The normalized spacial score (nSPS) is 29.4. The van der Waals surface area contributed by atoms with E-state index in [-0.39, 0.29) is 10.6 Å². The van der Waals surface area contributed by atoms with Crippen LogP contribution in [0.5, 0.6) is 0 Å². The molecule has 0 saturated carbocycles. The first kappa shape index (κ1) is 13.8. The summed E-state index contributed by atoms with van der Waals surface area (Å²) in [5.74, 6) is 0. The molecule has 0 amide bonds. The fraction of sp³-hybridized carbons (Fsp3) is 0.571. The number of benzene rings is 1. The minimum atomic E-state index is -0.354. The highest BCUT2D eigenvalue weighted by Crippen LogP contribution is 2.36. The number of hydrogen-bond acceptors (Lipinski definition) is 4. The zero-order valence-corrected chi connectivity index (χ0v) is 13.0. The first-order chi connectivity index (χ1) is 9.54. The molecule has 1 aromatic carbocycles. The Balaban J connectivity index is 1.73. The Bertz CT molecular complexity index is 523. The van der Waals surface area contributed by atoms with Crippen LogP contribution < -0.4 is 5.32 Å². The van der Waals surface area contributed by atoms with Gasteiger partial charge < -0.3 is 10.2 Å². The van der Waals surface area contributed by atoms with Gasteiger partial charge in [0.05, 0.1) is 9.40 Å². The molecule has 20 heavy (non-hydrogen) atoms. The lowest BCUT2D eigenvalue weighted by molar-refractivity contribution is -0.385. The van der Waals surface area contributed by atoms with E-state index in [0.717, 1.165) is 18.5 Å². The summed E-state index contributed by atoms with van der Waals surface area (Å²) in [5.41, 5.74) is 0.958. The highest BCUT2D eigenvalue weighted by Gasteiger charge is 2.38. The number of fused-ring (bicyclic) bond motifs is 2. The summed E-state index contributed by atoms with van der Waals surface area (Å²) in [4.78, 5) is 13.1. The number of nitro benzene ring substituents is 1. The number of rotatable bonds is 3. The van der Waals surface area contributed by atoms with Crippen molar-refractivity contribution in [2.75, 3.05) is 12.4 Å². The molecule has 2 fully saturated rings. The third-order valence-electron chi connectivity index (χ3n) is 4.61. The summed E-state index contributed by atoms with van der Waals surface area (Å²) < 4.78 is 0.525. The molecule has 3 rings (SSSR count). The molecule has 0 aliphatic carbocycles. The van der Waals surface area contributed by atoms with Gasteiger partial charge in [-0.25, -0.2) is 0 Å². The maximum atomic E-state index is 11.0. The van der Waals surface area contributed by atoms with Crippen molar-refractivity contribution in [1.82, 2.24) is 4.90 Å². The summed E-state index contributed by atoms with van der Waals surface area (Å²) in [6.45, 7) is 0. The second-order valence-electron chi connectivity index (χ2n) is 5.79.